The average Bonchev–Trinajstić information content (AvgIpc) is 2.31. The summed E-state index contributed by atoms with van der Waals surface area (Å²) in [5, 5.41) is 0. The second kappa shape index (κ2) is 5.32. The Morgan fingerprint density at radius 3 is 2.80 bits per heavy atom. The number of hydrogen-bond acceptors (Lipinski definition) is 1. The van der Waals surface area contributed by atoms with Crippen molar-refractivity contribution < 1.29 is 0 Å². The number of hydrogen-bond donors (Lipinski definition) is 0. The van der Waals surface area contributed by atoms with Crippen molar-refractivity contribution in [3.05, 3.63) is 35.9 Å². The normalized spacial score (nSPS) is 22.9. The standard InChI is InChI=1S/C14H21N/c1-2-15-10-6-9-14(12-15)11-13-7-4-3-5-8-13/h3-5,7-8,14H,2,6,9-12H2,1H3/t14-/m0/s1. The molecule has 1 atom stereocenters. The van der Waals surface area contributed by atoms with Gasteiger partial charge in [-0.25, -0.2) is 0 Å². The summed E-state index contributed by atoms with van der Waals surface area (Å²) in [4.78, 5) is 2.58. The Bertz CT molecular complexity index is 281. The molecule has 0 bridgehead atoms. The Kier molecular flexibility index (Phi) is 3.79. The van der Waals surface area contributed by atoms with Crippen molar-refractivity contribution in [3.63, 3.8) is 0 Å². The molecule has 0 spiro atoms. The van der Waals surface area contributed by atoms with Gasteiger partial charge in [-0.3, -0.25) is 0 Å². The summed E-state index contributed by atoms with van der Waals surface area (Å²) < 4.78 is 0. The summed E-state index contributed by atoms with van der Waals surface area (Å²) in [5.41, 5.74) is 1.50. The van der Waals surface area contributed by atoms with Gasteiger partial charge in [0, 0.05) is 6.54 Å². The van der Waals surface area contributed by atoms with E-state index < -0.39 is 0 Å². The number of piperidine rings is 1. The summed E-state index contributed by atoms with van der Waals surface area (Å²) in [6.07, 6.45) is 4.05. The molecule has 1 heteroatoms. The van der Waals surface area contributed by atoms with E-state index >= 15 is 0 Å². The van der Waals surface area contributed by atoms with Crippen LogP contribution in [0.1, 0.15) is 25.3 Å². The second-order valence-corrected chi connectivity index (χ2v) is 4.59. The quantitative estimate of drug-likeness (QED) is 0.730. The number of nitrogens with zero attached hydrogens (tertiary/aromatic N) is 1. The first kappa shape index (κ1) is 10.7. The van der Waals surface area contributed by atoms with Gasteiger partial charge in [-0.05, 0) is 43.8 Å². The maximum absolute atomic E-state index is 2.58. The van der Waals surface area contributed by atoms with Crippen LogP contribution in [0.2, 0.25) is 0 Å². The molecule has 0 aromatic heterocycles. The minimum absolute atomic E-state index is 0.876. The molecule has 0 amide bonds. The van der Waals surface area contributed by atoms with Gasteiger partial charge in [-0.15, -0.1) is 0 Å². The Morgan fingerprint density at radius 1 is 1.27 bits per heavy atom. The number of benzene rings is 1. The van der Waals surface area contributed by atoms with E-state index in [0.717, 1.165) is 5.92 Å². The number of rotatable bonds is 3. The molecule has 0 N–H and O–H groups in total. The Morgan fingerprint density at radius 2 is 2.07 bits per heavy atom. The predicted octanol–water partition coefficient (Wildman–Crippen LogP) is 2.96. The van der Waals surface area contributed by atoms with E-state index in [1.807, 2.05) is 0 Å². The second-order valence-electron chi connectivity index (χ2n) is 4.59. The highest BCUT2D eigenvalue weighted by Gasteiger charge is 2.18. The lowest BCUT2D eigenvalue weighted by atomic mass is 9.91. The van der Waals surface area contributed by atoms with Gasteiger partial charge in [-0.2, -0.15) is 0 Å². The van der Waals surface area contributed by atoms with Crippen LogP contribution >= 0.6 is 0 Å². The van der Waals surface area contributed by atoms with Crippen LogP contribution in [0.3, 0.4) is 0 Å². The third-order valence-electron chi connectivity index (χ3n) is 3.42. The van der Waals surface area contributed by atoms with Gasteiger partial charge in [0.05, 0.1) is 0 Å². The lowest BCUT2D eigenvalue weighted by Gasteiger charge is -2.31. The summed E-state index contributed by atoms with van der Waals surface area (Å²) in [7, 11) is 0. The minimum atomic E-state index is 0.876. The molecule has 1 nitrogen and oxygen atoms in total. The predicted molar refractivity (Wildman–Crippen MR) is 65.0 cm³/mol. The molecule has 1 aromatic carbocycles. The lowest BCUT2D eigenvalue weighted by molar-refractivity contribution is 0.182. The van der Waals surface area contributed by atoms with Crippen molar-refractivity contribution in [2.45, 2.75) is 26.2 Å². The van der Waals surface area contributed by atoms with Crippen molar-refractivity contribution in [1.29, 1.82) is 0 Å². The molecule has 1 saturated heterocycles. The van der Waals surface area contributed by atoms with E-state index in [1.165, 1.54) is 44.5 Å². The minimum Gasteiger partial charge on any atom is -0.303 e. The maximum atomic E-state index is 2.58. The fraction of sp³-hybridized carbons (Fsp3) is 0.571. The first-order valence-corrected chi connectivity index (χ1v) is 6.14. The molecule has 82 valence electrons. The van der Waals surface area contributed by atoms with Crippen LogP contribution in [0, 0.1) is 5.92 Å². The van der Waals surface area contributed by atoms with Crippen molar-refractivity contribution in [2.75, 3.05) is 19.6 Å². The molecule has 1 fully saturated rings. The van der Waals surface area contributed by atoms with Crippen molar-refractivity contribution >= 4 is 0 Å². The third kappa shape index (κ3) is 3.07. The van der Waals surface area contributed by atoms with Crippen molar-refractivity contribution in [2.24, 2.45) is 5.92 Å². The van der Waals surface area contributed by atoms with Gasteiger partial charge in [0.15, 0.2) is 0 Å². The van der Waals surface area contributed by atoms with Crippen LogP contribution in [0.25, 0.3) is 0 Å². The van der Waals surface area contributed by atoms with Gasteiger partial charge in [0.1, 0.15) is 0 Å². The molecule has 0 saturated carbocycles. The van der Waals surface area contributed by atoms with Crippen molar-refractivity contribution in [3.8, 4) is 0 Å². The molecule has 1 aromatic rings. The van der Waals surface area contributed by atoms with Crippen LogP contribution in [-0.4, -0.2) is 24.5 Å². The molecule has 1 aliphatic heterocycles. The molecule has 0 aliphatic carbocycles. The highest BCUT2D eigenvalue weighted by atomic mass is 15.1. The SMILES string of the molecule is CCN1CCC[C@@H](Cc2ccccc2)C1. The maximum Gasteiger partial charge on any atom is 0.00127 e. The molecule has 0 unspecified atom stereocenters. The summed E-state index contributed by atoms with van der Waals surface area (Å²) in [6, 6.07) is 10.9. The summed E-state index contributed by atoms with van der Waals surface area (Å²) in [5.74, 6) is 0.876. The zero-order valence-corrected chi connectivity index (χ0v) is 9.65. The fourth-order valence-corrected chi connectivity index (χ4v) is 2.55. The van der Waals surface area contributed by atoms with Crippen molar-refractivity contribution in [1.82, 2.24) is 4.90 Å². The van der Waals surface area contributed by atoms with Gasteiger partial charge in [-0.1, -0.05) is 37.3 Å². The molecule has 2 rings (SSSR count). The third-order valence-corrected chi connectivity index (χ3v) is 3.42. The first-order valence-electron chi connectivity index (χ1n) is 6.14. The van der Waals surface area contributed by atoms with E-state index in [4.69, 9.17) is 0 Å². The topological polar surface area (TPSA) is 3.24 Å². The molecule has 15 heavy (non-hydrogen) atoms. The average molecular weight is 203 g/mol. The van der Waals surface area contributed by atoms with Crippen LogP contribution in [0.5, 0.6) is 0 Å². The zero-order valence-electron chi connectivity index (χ0n) is 9.65. The lowest BCUT2D eigenvalue weighted by Crippen LogP contribution is -2.35. The Hall–Kier alpha value is -0.820. The first-order chi connectivity index (χ1) is 7.38. The molecule has 1 heterocycles. The highest BCUT2D eigenvalue weighted by molar-refractivity contribution is 5.15. The summed E-state index contributed by atoms with van der Waals surface area (Å²) >= 11 is 0. The van der Waals surface area contributed by atoms with E-state index in [2.05, 4.69) is 42.2 Å². The molecular weight excluding hydrogens is 182 g/mol. The molecule has 0 radical (unpaired) electrons. The van der Waals surface area contributed by atoms with Crippen LogP contribution in [-0.2, 0) is 6.42 Å². The van der Waals surface area contributed by atoms with Gasteiger partial charge in [0.25, 0.3) is 0 Å². The van der Waals surface area contributed by atoms with E-state index in [1.54, 1.807) is 0 Å². The van der Waals surface area contributed by atoms with Gasteiger partial charge >= 0.3 is 0 Å². The van der Waals surface area contributed by atoms with Crippen LogP contribution in [0.4, 0.5) is 0 Å². The molecule has 1 aliphatic rings. The van der Waals surface area contributed by atoms with E-state index in [9.17, 15) is 0 Å². The number of likely N-dealkylation sites (tertiary alicyclic amines) is 1. The Balaban J connectivity index is 1.89. The molecular formula is C14H21N. The monoisotopic (exact) mass is 203 g/mol. The van der Waals surface area contributed by atoms with Crippen LogP contribution < -0.4 is 0 Å². The Labute approximate surface area is 93.1 Å². The summed E-state index contributed by atoms with van der Waals surface area (Å²) in [6.45, 7) is 6.09. The van der Waals surface area contributed by atoms with E-state index in [0.29, 0.717) is 0 Å². The largest absolute Gasteiger partial charge is 0.303 e. The van der Waals surface area contributed by atoms with Crippen LogP contribution in [0.15, 0.2) is 30.3 Å². The van der Waals surface area contributed by atoms with Gasteiger partial charge in [0.2, 0.25) is 0 Å². The zero-order chi connectivity index (χ0) is 10.5. The highest BCUT2D eigenvalue weighted by Crippen LogP contribution is 2.20. The fourth-order valence-electron chi connectivity index (χ4n) is 2.55. The smallest absolute Gasteiger partial charge is 0.00127 e. The van der Waals surface area contributed by atoms with Gasteiger partial charge < -0.3 is 4.90 Å². The van der Waals surface area contributed by atoms with E-state index in [-0.39, 0.29) is 0 Å².